The zero-order valence-corrected chi connectivity index (χ0v) is 11.7. The first-order chi connectivity index (χ1) is 8.65. The largest absolute Gasteiger partial charge is 0.395 e. The van der Waals surface area contributed by atoms with Crippen molar-refractivity contribution in [2.45, 2.75) is 63.8 Å². The average Bonchev–Trinajstić information content (AvgIpc) is 2.39. The van der Waals surface area contributed by atoms with Crippen molar-refractivity contribution in [3.05, 3.63) is 0 Å². The van der Waals surface area contributed by atoms with Gasteiger partial charge in [-0.2, -0.15) is 0 Å². The van der Waals surface area contributed by atoms with Crippen LogP contribution in [0.3, 0.4) is 0 Å². The molecule has 4 atom stereocenters. The maximum atomic E-state index is 9.73. The van der Waals surface area contributed by atoms with Gasteiger partial charge < -0.3 is 15.6 Å². The van der Waals surface area contributed by atoms with E-state index in [4.69, 9.17) is 10.5 Å². The maximum absolute atomic E-state index is 9.73. The highest BCUT2D eigenvalue weighted by Gasteiger charge is 2.39. The van der Waals surface area contributed by atoms with E-state index in [1.54, 1.807) is 0 Å². The van der Waals surface area contributed by atoms with Crippen molar-refractivity contribution >= 4 is 0 Å². The van der Waals surface area contributed by atoms with Crippen LogP contribution in [0.25, 0.3) is 0 Å². The monoisotopic (exact) mass is 256 g/mol. The number of morpholine rings is 1. The van der Waals surface area contributed by atoms with E-state index in [9.17, 15) is 5.11 Å². The van der Waals surface area contributed by atoms with Crippen LogP contribution >= 0.6 is 0 Å². The van der Waals surface area contributed by atoms with E-state index in [-0.39, 0.29) is 18.7 Å². The number of nitrogens with zero attached hydrogens (tertiary/aromatic N) is 1. The van der Waals surface area contributed by atoms with E-state index < -0.39 is 0 Å². The first-order valence-electron chi connectivity index (χ1n) is 7.39. The smallest absolute Gasteiger partial charge is 0.0731 e. The van der Waals surface area contributed by atoms with Crippen LogP contribution in [0.5, 0.6) is 0 Å². The van der Waals surface area contributed by atoms with E-state index in [2.05, 4.69) is 18.7 Å². The third-order valence-corrected chi connectivity index (χ3v) is 4.60. The molecule has 0 bridgehead atoms. The van der Waals surface area contributed by atoms with E-state index in [0.717, 1.165) is 19.6 Å². The zero-order chi connectivity index (χ0) is 13.1. The highest BCUT2D eigenvalue weighted by atomic mass is 16.5. The minimum absolute atomic E-state index is 0.0377. The second-order valence-corrected chi connectivity index (χ2v) is 6.07. The molecule has 18 heavy (non-hydrogen) atoms. The molecule has 0 aromatic rings. The first kappa shape index (κ1) is 14.3. The molecule has 2 aliphatic rings. The molecule has 1 aliphatic carbocycles. The molecule has 3 N–H and O–H groups in total. The minimum Gasteiger partial charge on any atom is -0.395 e. The Balaban J connectivity index is 2.08. The summed E-state index contributed by atoms with van der Waals surface area (Å²) in [6.07, 6.45) is 5.26. The fraction of sp³-hybridized carbons (Fsp3) is 1.00. The third kappa shape index (κ3) is 2.87. The normalized spacial score (nSPS) is 33.2. The molecule has 4 unspecified atom stereocenters. The van der Waals surface area contributed by atoms with Crippen molar-refractivity contribution in [2.24, 2.45) is 11.7 Å². The molecule has 106 valence electrons. The van der Waals surface area contributed by atoms with Crippen LogP contribution in [-0.4, -0.2) is 54.0 Å². The molecule has 1 saturated heterocycles. The second kappa shape index (κ2) is 6.33. The van der Waals surface area contributed by atoms with Gasteiger partial charge in [-0.15, -0.1) is 0 Å². The molecular formula is C14H28N2O2. The quantitative estimate of drug-likeness (QED) is 0.787. The topological polar surface area (TPSA) is 58.7 Å². The number of fused-ring (bicyclic) bond motifs is 1. The van der Waals surface area contributed by atoms with Crippen LogP contribution < -0.4 is 5.73 Å². The van der Waals surface area contributed by atoms with Gasteiger partial charge in [0.15, 0.2) is 0 Å². The number of aliphatic hydroxyl groups is 1. The molecule has 4 heteroatoms. The van der Waals surface area contributed by atoms with Crippen LogP contribution in [0.2, 0.25) is 0 Å². The summed E-state index contributed by atoms with van der Waals surface area (Å²) in [5.41, 5.74) is 6.28. The van der Waals surface area contributed by atoms with Gasteiger partial charge in [0, 0.05) is 24.7 Å². The molecule has 4 nitrogen and oxygen atoms in total. The lowest BCUT2D eigenvalue weighted by atomic mass is 9.87. The van der Waals surface area contributed by atoms with Crippen LogP contribution in [-0.2, 0) is 4.74 Å². The Labute approximate surface area is 110 Å². The average molecular weight is 256 g/mol. The Morgan fingerprint density at radius 1 is 1.33 bits per heavy atom. The predicted octanol–water partition coefficient (Wildman–Crippen LogP) is 0.974. The molecule has 1 aliphatic heterocycles. The highest BCUT2D eigenvalue weighted by molar-refractivity contribution is 4.94. The predicted molar refractivity (Wildman–Crippen MR) is 72.4 cm³/mol. The van der Waals surface area contributed by atoms with E-state index in [1.807, 2.05) is 0 Å². The summed E-state index contributed by atoms with van der Waals surface area (Å²) in [6, 6.07) is 0.588. The van der Waals surface area contributed by atoms with Crippen molar-refractivity contribution in [1.82, 2.24) is 4.90 Å². The van der Waals surface area contributed by atoms with Gasteiger partial charge in [-0.1, -0.05) is 26.7 Å². The van der Waals surface area contributed by atoms with Gasteiger partial charge in [-0.25, -0.2) is 0 Å². The Hall–Kier alpha value is -0.160. The maximum Gasteiger partial charge on any atom is 0.0731 e. The van der Waals surface area contributed by atoms with Crippen molar-refractivity contribution in [1.29, 1.82) is 0 Å². The lowest BCUT2D eigenvalue weighted by molar-refractivity contribution is -0.113. The summed E-state index contributed by atoms with van der Waals surface area (Å²) < 4.78 is 5.88. The Morgan fingerprint density at radius 3 is 2.72 bits per heavy atom. The summed E-state index contributed by atoms with van der Waals surface area (Å²) in [7, 11) is 0. The molecule has 0 aromatic heterocycles. The molecule has 2 fully saturated rings. The van der Waals surface area contributed by atoms with Gasteiger partial charge in [0.1, 0.15) is 0 Å². The molecule has 2 rings (SSSR count). The van der Waals surface area contributed by atoms with Gasteiger partial charge >= 0.3 is 0 Å². The highest BCUT2D eigenvalue weighted by Crippen LogP contribution is 2.30. The number of hydrogen-bond donors (Lipinski definition) is 2. The zero-order valence-electron chi connectivity index (χ0n) is 11.7. The SMILES string of the molecule is CC(C)C(N)C(CO)N1CCOC2CCCCC21. The number of rotatable bonds is 4. The molecule has 0 amide bonds. The van der Waals surface area contributed by atoms with Crippen LogP contribution in [0.4, 0.5) is 0 Å². The van der Waals surface area contributed by atoms with Crippen LogP contribution in [0.15, 0.2) is 0 Å². The lowest BCUT2D eigenvalue weighted by Crippen LogP contribution is -2.62. The molecule has 0 radical (unpaired) electrons. The van der Waals surface area contributed by atoms with Gasteiger partial charge in [0.25, 0.3) is 0 Å². The van der Waals surface area contributed by atoms with Gasteiger partial charge in [0.05, 0.1) is 19.3 Å². The van der Waals surface area contributed by atoms with Crippen LogP contribution in [0, 0.1) is 5.92 Å². The van der Waals surface area contributed by atoms with E-state index in [1.165, 1.54) is 19.3 Å². The molecular weight excluding hydrogens is 228 g/mol. The van der Waals surface area contributed by atoms with Gasteiger partial charge in [-0.05, 0) is 18.8 Å². The van der Waals surface area contributed by atoms with Gasteiger partial charge in [-0.3, -0.25) is 4.90 Å². The number of ether oxygens (including phenoxy) is 1. The van der Waals surface area contributed by atoms with E-state index >= 15 is 0 Å². The Morgan fingerprint density at radius 2 is 2.06 bits per heavy atom. The van der Waals surface area contributed by atoms with E-state index in [0.29, 0.717) is 18.1 Å². The summed E-state index contributed by atoms with van der Waals surface area (Å²) in [5.74, 6) is 0.395. The Kier molecular flexibility index (Phi) is 5.01. The fourth-order valence-electron chi connectivity index (χ4n) is 3.43. The number of hydrogen-bond acceptors (Lipinski definition) is 4. The summed E-state index contributed by atoms with van der Waals surface area (Å²) >= 11 is 0. The molecule has 0 aromatic carbocycles. The third-order valence-electron chi connectivity index (χ3n) is 4.60. The van der Waals surface area contributed by atoms with Crippen molar-refractivity contribution in [3.8, 4) is 0 Å². The van der Waals surface area contributed by atoms with Crippen molar-refractivity contribution in [3.63, 3.8) is 0 Å². The standard InChI is InChI=1S/C14H28N2O2/c1-10(2)14(15)12(9-17)16-7-8-18-13-6-4-3-5-11(13)16/h10-14,17H,3-9,15H2,1-2H3. The van der Waals surface area contributed by atoms with Crippen molar-refractivity contribution in [2.75, 3.05) is 19.8 Å². The summed E-state index contributed by atoms with van der Waals surface area (Å²) in [4.78, 5) is 2.43. The minimum atomic E-state index is 0.0377. The van der Waals surface area contributed by atoms with Gasteiger partial charge in [0.2, 0.25) is 0 Å². The molecule has 1 saturated carbocycles. The number of nitrogens with two attached hydrogens (primary N) is 1. The van der Waals surface area contributed by atoms with Crippen molar-refractivity contribution < 1.29 is 9.84 Å². The molecule has 0 spiro atoms. The Bertz CT molecular complexity index is 258. The summed E-state index contributed by atoms with van der Waals surface area (Å²) in [6.45, 7) is 6.11. The number of aliphatic hydroxyl groups excluding tert-OH is 1. The van der Waals surface area contributed by atoms with Crippen LogP contribution in [0.1, 0.15) is 39.5 Å². The fourth-order valence-corrected chi connectivity index (χ4v) is 3.43. The lowest BCUT2D eigenvalue weighted by Gasteiger charge is -2.48. The second-order valence-electron chi connectivity index (χ2n) is 6.07. The first-order valence-corrected chi connectivity index (χ1v) is 7.39. The summed E-state index contributed by atoms with van der Waals surface area (Å²) in [5, 5.41) is 9.73. The molecule has 1 heterocycles.